The van der Waals surface area contributed by atoms with E-state index in [1.54, 1.807) is 17.6 Å². The number of carbonyl (C=O) groups excluding carboxylic acids is 1. The molecule has 1 fully saturated rings. The zero-order chi connectivity index (χ0) is 22.1. The number of hydrogen-bond donors (Lipinski definition) is 2. The molecule has 7 nitrogen and oxygen atoms in total. The number of imidazole rings is 1. The Labute approximate surface area is 186 Å². The number of H-pyrrole nitrogens is 1. The largest absolute Gasteiger partial charge is 0.345 e. The number of carbonyl (C=O) groups is 1. The lowest BCUT2D eigenvalue weighted by molar-refractivity contribution is 0.234. The third-order valence-corrected chi connectivity index (χ3v) is 6.10. The van der Waals surface area contributed by atoms with E-state index in [-0.39, 0.29) is 18.1 Å². The van der Waals surface area contributed by atoms with Crippen LogP contribution in [0.4, 0.5) is 10.5 Å². The first kappa shape index (κ1) is 20.2. The van der Waals surface area contributed by atoms with Gasteiger partial charge in [-0.2, -0.15) is 0 Å². The molecule has 5 rings (SSSR count). The molecule has 3 aromatic carbocycles. The molecule has 0 saturated carbocycles. The van der Waals surface area contributed by atoms with Gasteiger partial charge in [0.25, 0.3) is 0 Å². The third-order valence-electron chi connectivity index (χ3n) is 6.10. The van der Waals surface area contributed by atoms with Gasteiger partial charge in [0.05, 0.1) is 35.8 Å². The monoisotopic (exact) mass is 426 g/mol. The molecule has 2 atom stereocenters. The molecule has 7 heteroatoms. The topological polar surface area (TPSA) is 90.6 Å². The summed E-state index contributed by atoms with van der Waals surface area (Å²) in [5.74, 6) is 0. The van der Waals surface area contributed by atoms with Crippen molar-refractivity contribution in [1.29, 1.82) is 0 Å². The minimum absolute atomic E-state index is 0.0916. The van der Waals surface area contributed by atoms with Crippen LogP contribution in [0.2, 0.25) is 0 Å². The molecular formula is C25H26N6O. The highest BCUT2D eigenvalue weighted by Crippen LogP contribution is 2.40. The average molecular weight is 427 g/mol. The Kier molecular flexibility index (Phi) is 5.33. The van der Waals surface area contributed by atoms with Crippen molar-refractivity contribution in [3.8, 4) is 0 Å². The van der Waals surface area contributed by atoms with Crippen LogP contribution in [0.25, 0.3) is 21.8 Å². The number of amides is 2. The van der Waals surface area contributed by atoms with E-state index >= 15 is 0 Å². The van der Waals surface area contributed by atoms with Crippen molar-refractivity contribution in [2.75, 3.05) is 18.0 Å². The van der Waals surface area contributed by atoms with Crippen molar-refractivity contribution in [3.05, 3.63) is 72.6 Å². The molecule has 0 spiro atoms. The standard InChI is InChI=1S/C25H26N6O/c1-17-24(20-8-7-18-5-2-3-6-19(18)13-20)31(25(32)30(17)16-27-12-4-11-26)21-9-10-22-23(14-21)29-15-28-22/h2-3,5-10,13-17,24H,4,11-12,26H2,1H3,(H,28,29). The molecule has 1 aliphatic rings. The molecule has 1 aromatic heterocycles. The van der Waals surface area contributed by atoms with Gasteiger partial charge in [0.2, 0.25) is 0 Å². The van der Waals surface area contributed by atoms with Gasteiger partial charge in [-0.1, -0.05) is 36.4 Å². The Morgan fingerprint density at radius 1 is 1.12 bits per heavy atom. The number of nitrogens with zero attached hydrogens (tertiary/aromatic N) is 4. The number of nitrogens with one attached hydrogen (secondary N) is 1. The van der Waals surface area contributed by atoms with E-state index in [0.717, 1.165) is 34.1 Å². The number of nitrogens with two attached hydrogens (primary N) is 1. The second-order valence-corrected chi connectivity index (χ2v) is 8.12. The lowest BCUT2D eigenvalue weighted by atomic mass is 9.97. The Bertz CT molecular complexity index is 1300. The van der Waals surface area contributed by atoms with E-state index in [9.17, 15) is 4.79 Å². The van der Waals surface area contributed by atoms with Gasteiger partial charge in [-0.05, 0) is 60.5 Å². The van der Waals surface area contributed by atoms with Crippen LogP contribution in [0, 0.1) is 0 Å². The van der Waals surface area contributed by atoms with Crippen molar-refractivity contribution < 1.29 is 4.79 Å². The Balaban J connectivity index is 1.59. The summed E-state index contributed by atoms with van der Waals surface area (Å²) in [4.78, 5) is 29.1. The summed E-state index contributed by atoms with van der Waals surface area (Å²) in [5.41, 5.74) is 9.27. The van der Waals surface area contributed by atoms with Gasteiger partial charge in [0.15, 0.2) is 0 Å². The predicted molar refractivity (Wildman–Crippen MR) is 129 cm³/mol. The number of aromatic amines is 1. The van der Waals surface area contributed by atoms with Crippen LogP contribution in [0.15, 0.2) is 72.0 Å². The van der Waals surface area contributed by atoms with Crippen LogP contribution < -0.4 is 10.6 Å². The Morgan fingerprint density at radius 2 is 1.97 bits per heavy atom. The second kappa shape index (κ2) is 8.43. The fourth-order valence-corrected chi connectivity index (χ4v) is 4.43. The van der Waals surface area contributed by atoms with E-state index in [4.69, 9.17) is 5.73 Å². The highest BCUT2D eigenvalue weighted by Gasteiger charge is 2.44. The molecule has 1 saturated heterocycles. The molecule has 2 amide bonds. The van der Waals surface area contributed by atoms with Crippen LogP contribution in [0.3, 0.4) is 0 Å². The summed E-state index contributed by atoms with van der Waals surface area (Å²) in [6.45, 7) is 3.26. The quantitative estimate of drug-likeness (QED) is 0.271. The average Bonchev–Trinajstić information content (AvgIpc) is 3.38. The van der Waals surface area contributed by atoms with Gasteiger partial charge in [0.1, 0.15) is 0 Å². The highest BCUT2D eigenvalue weighted by molar-refractivity contribution is 6.03. The fraction of sp³-hybridized carbons (Fsp3) is 0.240. The van der Waals surface area contributed by atoms with Crippen molar-refractivity contribution >= 4 is 39.9 Å². The summed E-state index contributed by atoms with van der Waals surface area (Å²) >= 11 is 0. The Hall–Kier alpha value is -3.71. The molecule has 0 radical (unpaired) electrons. The summed E-state index contributed by atoms with van der Waals surface area (Å²) in [6, 6.07) is 20.2. The number of urea groups is 1. The molecule has 4 aromatic rings. The number of hydrogen-bond acceptors (Lipinski definition) is 4. The lowest BCUT2D eigenvalue weighted by Gasteiger charge is -2.26. The number of aliphatic imine (C=N–C) groups is 1. The summed E-state index contributed by atoms with van der Waals surface area (Å²) in [7, 11) is 0. The van der Waals surface area contributed by atoms with Crippen LogP contribution in [-0.4, -0.2) is 46.4 Å². The minimum Gasteiger partial charge on any atom is -0.345 e. The Morgan fingerprint density at radius 3 is 2.81 bits per heavy atom. The highest BCUT2D eigenvalue weighted by atomic mass is 16.2. The number of rotatable bonds is 6. The molecule has 3 N–H and O–H groups in total. The van der Waals surface area contributed by atoms with Crippen molar-refractivity contribution in [2.24, 2.45) is 10.7 Å². The minimum atomic E-state index is -0.159. The zero-order valence-electron chi connectivity index (χ0n) is 18.0. The molecule has 162 valence electrons. The van der Waals surface area contributed by atoms with Crippen molar-refractivity contribution in [2.45, 2.75) is 25.4 Å². The summed E-state index contributed by atoms with van der Waals surface area (Å²) in [5, 5.41) is 2.34. The van der Waals surface area contributed by atoms with Crippen LogP contribution in [0.1, 0.15) is 24.9 Å². The first-order valence-corrected chi connectivity index (χ1v) is 10.9. The van der Waals surface area contributed by atoms with Crippen molar-refractivity contribution in [1.82, 2.24) is 14.9 Å². The second-order valence-electron chi connectivity index (χ2n) is 8.12. The maximum absolute atomic E-state index is 13.6. The number of fused-ring (bicyclic) bond motifs is 2. The number of benzene rings is 3. The third kappa shape index (κ3) is 3.50. The molecule has 2 heterocycles. The van der Waals surface area contributed by atoms with Gasteiger partial charge in [0, 0.05) is 12.2 Å². The first-order valence-electron chi connectivity index (χ1n) is 10.9. The number of anilines is 1. The summed E-state index contributed by atoms with van der Waals surface area (Å²) in [6.07, 6.45) is 4.13. The van der Waals surface area contributed by atoms with E-state index in [2.05, 4.69) is 52.2 Å². The van der Waals surface area contributed by atoms with Crippen molar-refractivity contribution in [3.63, 3.8) is 0 Å². The van der Waals surface area contributed by atoms with Crippen LogP contribution >= 0.6 is 0 Å². The molecule has 2 unspecified atom stereocenters. The molecular weight excluding hydrogens is 400 g/mol. The summed E-state index contributed by atoms with van der Waals surface area (Å²) < 4.78 is 0. The maximum atomic E-state index is 13.6. The number of aromatic nitrogens is 2. The fourth-order valence-electron chi connectivity index (χ4n) is 4.43. The van der Waals surface area contributed by atoms with E-state index in [0.29, 0.717) is 13.1 Å². The van der Waals surface area contributed by atoms with E-state index in [1.807, 2.05) is 35.2 Å². The van der Waals surface area contributed by atoms with Crippen LogP contribution in [-0.2, 0) is 0 Å². The van der Waals surface area contributed by atoms with Gasteiger partial charge in [-0.15, -0.1) is 0 Å². The molecule has 1 aliphatic heterocycles. The first-order chi connectivity index (χ1) is 15.7. The van der Waals surface area contributed by atoms with Crippen LogP contribution in [0.5, 0.6) is 0 Å². The van der Waals surface area contributed by atoms with Gasteiger partial charge < -0.3 is 10.7 Å². The van der Waals surface area contributed by atoms with E-state index < -0.39 is 0 Å². The smallest absolute Gasteiger partial charge is 0.330 e. The SMILES string of the molecule is CC1C(c2ccc3ccccc3c2)N(c2ccc3nc[nH]c3c2)C(=O)N1C=NCCCN. The predicted octanol–water partition coefficient (Wildman–Crippen LogP) is 4.47. The van der Waals surface area contributed by atoms with Gasteiger partial charge in [-0.25, -0.2) is 9.78 Å². The molecule has 0 aliphatic carbocycles. The normalized spacial score (nSPS) is 19.1. The molecule has 32 heavy (non-hydrogen) atoms. The van der Waals surface area contributed by atoms with E-state index in [1.165, 1.54) is 5.39 Å². The lowest BCUT2D eigenvalue weighted by Crippen LogP contribution is -2.32. The zero-order valence-corrected chi connectivity index (χ0v) is 18.0. The molecule has 0 bridgehead atoms. The maximum Gasteiger partial charge on any atom is 0.330 e. The van der Waals surface area contributed by atoms with Gasteiger partial charge in [-0.3, -0.25) is 14.8 Å². The van der Waals surface area contributed by atoms with Gasteiger partial charge >= 0.3 is 6.03 Å².